The smallest absolute Gasteiger partial charge is 0.0635 e. The maximum Gasteiger partial charge on any atom is 0.0635 e. The van der Waals surface area contributed by atoms with Crippen LogP contribution in [0.15, 0.2) is 43.5 Å². The van der Waals surface area contributed by atoms with Gasteiger partial charge in [-0.15, -0.1) is 13.2 Å². The van der Waals surface area contributed by atoms with Crippen molar-refractivity contribution < 1.29 is 0 Å². The molecule has 0 amide bonds. The zero-order chi connectivity index (χ0) is 12.0. The van der Waals surface area contributed by atoms with Crippen LogP contribution in [0.3, 0.4) is 0 Å². The van der Waals surface area contributed by atoms with Gasteiger partial charge in [0.2, 0.25) is 0 Å². The van der Waals surface area contributed by atoms with E-state index in [1.807, 2.05) is 30.4 Å². The number of nitrogens with two attached hydrogens (primary N) is 1. The van der Waals surface area contributed by atoms with Crippen molar-refractivity contribution >= 4 is 17.3 Å². The van der Waals surface area contributed by atoms with Crippen molar-refractivity contribution in [1.82, 2.24) is 4.90 Å². The number of halogens is 1. The highest BCUT2D eigenvalue weighted by Crippen LogP contribution is 2.20. The second kappa shape index (κ2) is 6.36. The summed E-state index contributed by atoms with van der Waals surface area (Å²) in [6.45, 7) is 9.94. The van der Waals surface area contributed by atoms with Crippen LogP contribution in [0.4, 0.5) is 5.69 Å². The first kappa shape index (κ1) is 12.8. The van der Waals surface area contributed by atoms with E-state index < -0.39 is 0 Å². The summed E-state index contributed by atoms with van der Waals surface area (Å²) >= 11 is 5.87. The highest BCUT2D eigenvalue weighted by molar-refractivity contribution is 6.33. The van der Waals surface area contributed by atoms with E-state index in [0.717, 1.165) is 25.2 Å². The lowest BCUT2D eigenvalue weighted by Gasteiger charge is -2.19. The normalized spacial score (nSPS) is 10.4. The fourth-order valence-corrected chi connectivity index (χ4v) is 1.64. The molecule has 0 aliphatic carbocycles. The van der Waals surface area contributed by atoms with Gasteiger partial charge in [-0.3, -0.25) is 4.90 Å². The Kier molecular flexibility index (Phi) is 5.09. The number of nitrogen functional groups attached to an aromatic ring is 1. The molecule has 0 atom stereocenters. The molecule has 0 saturated heterocycles. The summed E-state index contributed by atoms with van der Waals surface area (Å²) < 4.78 is 0. The number of nitrogens with zero attached hydrogens (tertiary/aromatic N) is 1. The van der Waals surface area contributed by atoms with E-state index in [1.54, 1.807) is 0 Å². The molecular weight excluding hydrogens is 220 g/mol. The zero-order valence-corrected chi connectivity index (χ0v) is 10.1. The van der Waals surface area contributed by atoms with Crippen molar-refractivity contribution in [2.75, 3.05) is 18.8 Å². The molecule has 0 spiro atoms. The van der Waals surface area contributed by atoms with E-state index in [2.05, 4.69) is 18.1 Å². The Morgan fingerprint density at radius 1 is 1.25 bits per heavy atom. The molecule has 0 fully saturated rings. The topological polar surface area (TPSA) is 29.3 Å². The molecule has 0 saturated carbocycles. The minimum atomic E-state index is 0.600. The van der Waals surface area contributed by atoms with Crippen LogP contribution < -0.4 is 5.73 Å². The molecule has 0 aliphatic rings. The van der Waals surface area contributed by atoms with Crippen LogP contribution in [0.25, 0.3) is 0 Å². The Morgan fingerprint density at radius 3 is 2.38 bits per heavy atom. The van der Waals surface area contributed by atoms with Crippen LogP contribution in [-0.4, -0.2) is 18.0 Å². The highest BCUT2D eigenvalue weighted by Gasteiger charge is 2.04. The number of hydrogen-bond donors (Lipinski definition) is 1. The van der Waals surface area contributed by atoms with Crippen LogP contribution in [0.1, 0.15) is 5.56 Å². The van der Waals surface area contributed by atoms with Crippen molar-refractivity contribution in [2.24, 2.45) is 0 Å². The average Bonchev–Trinajstić information content (AvgIpc) is 2.24. The van der Waals surface area contributed by atoms with Gasteiger partial charge in [0.15, 0.2) is 0 Å². The van der Waals surface area contributed by atoms with Crippen molar-refractivity contribution in [2.45, 2.75) is 6.54 Å². The third kappa shape index (κ3) is 3.72. The van der Waals surface area contributed by atoms with Gasteiger partial charge < -0.3 is 5.73 Å². The number of anilines is 1. The number of rotatable bonds is 6. The Bertz CT molecular complexity index is 364. The fourth-order valence-electron chi connectivity index (χ4n) is 1.52. The van der Waals surface area contributed by atoms with E-state index in [9.17, 15) is 0 Å². The standard InChI is InChI=1S/C13H17ClN2/c1-3-7-16(8-4-2)10-11-5-6-12(14)13(15)9-11/h3-6,9H,1-2,7-8,10,15H2. The van der Waals surface area contributed by atoms with Gasteiger partial charge >= 0.3 is 0 Å². The number of benzene rings is 1. The monoisotopic (exact) mass is 236 g/mol. The lowest BCUT2D eigenvalue weighted by Crippen LogP contribution is -2.23. The summed E-state index contributed by atoms with van der Waals surface area (Å²) in [4.78, 5) is 2.21. The summed E-state index contributed by atoms with van der Waals surface area (Å²) in [6.07, 6.45) is 3.76. The summed E-state index contributed by atoms with van der Waals surface area (Å²) in [7, 11) is 0. The second-order valence-corrected chi connectivity index (χ2v) is 4.03. The van der Waals surface area contributed by atoms with Crippen molar-refractivity contribution in [3.63, 3.8) is 0 Å². The Balaban J connectivity index is 2.72. The Hall–Kier alpha value is -1.25. The highest BCUT2D eigenvalue weighted by atomic mass is 35.5. The van der Waals surface area contributed by atoms with Gasteiger partial charge in [-0.1, -0.05) is 29.8 Å². The van der Waals surface area contributed by atoms with Crippen LogP contribution in [0.5, 0.6) is 0 Å². The lowest BCUT2D eigenvalue weighted by atomic mass is 10.2. The molecule has 86 valence electrons. The van der Waals surface area contributed by atoms with Gasteiger partial charge in [-0.2, -0.15) is 0 Å². The fraction of sp³-hybridized carbons (Fsp3) is 0.231. The molecule has 16 heavy (non-hydrogen) atoms. The maximum absolute atomic E-state index is 5.87. The molecule has 1 aromatic carbocycles. The molecule has 0 heterocycles. The second-order valence-electron chi connectivity index (χ2n) is 3.63. The lowest BCUT2D eigenvalue weighted by molar-refractivity contribution is 0.328. The van der Waals surface area contributed by atoms with Crippen molar-refractivity contribution in [3.8, 4) is 0 Å². The first-order chi connectivity index (χ1) is 7.67. The van der Waals surface area contributed by atoms with Gasteiger partial charge in [0, 0.05) is 19.6 Å². The van der Waals surface area contributed by atoms with Gasteiger partial charge in [0.05, 0.1) is 10.7 Å². The largest absolute Gasteiger partial charge is 0.398 e. The minimum Gasteiger partial charge on any atom is -0.398 e. The molecule has 0 radical (unpaired) electrons. The first-order valence-corrected chi connectivity index (χ1v) is 5.53. The number of hydrogen-bond acceptors (Lipinski definition) is 2. The van der Waals surface area contributed by atoms with E-state index in [-0.39, 0.29) is 0 Å². The molecule has 0 aromatic heterocycles. The third-order valence-electron chi connectivity index (χ3n) is 2.24. The molecule has 0 unspecified atom stereocenters. The summed E-state index contributed by atoms with van der Waals surface area (Å²) in [6, 6.07) is 5.71. The summed E-state index contributed by atoms with van der Waals surface area (Å²) in [5, 5.41) is 0.600. The minimum absolute atomic E-state index is 0.600. The summed E-state index contributed by atoms with van der Waals surface area (Å²) in [5.41, 5.74) is 7.52. The van der Waals surface area contributed by atoms with E-state index in [1.165, 1.54) is 0 Å². The Labute approximate surface area is 102 Å². The van der Waals surface area contributed by atoms with E-state index in [0.29, 0.717) is 10.7 Å². The predicted octanol–water partition coefficient (Wildman–Crippen LogP) is 3.10. The van der Waals surface area contributed by atoms with E-state index >= 15 is 0 Å². The van der Waals surface area contributed by atoms with Gasteiger partial charge in [-0.05, 0) is 17.7 Å². The molecule has 1 aromatic rings. The molecular formula is C13H17ClN2. The van der Waals surface area contributed by atoms with Crippen molar-refractivity contribution in [3.05, 3.63) is 54.1 Å². The third-order valence-corrected chi connectivity index (χ3v) is 2.59. The molecule has 2 N–H and O–H groups in total. The quantitative estimate of drug-likeness (QED) is 0.608. The van der Waals surface area contributed by atoms with Crippen LogP contribution in [0.2, 0.25) is 5.02 Å². The maximum atomic E-state index is 5.87. The molecule has 1 rings (SSSR count). The van der Waals surface area contributed by atoms with Gasteiger partial charge in [-0.25, -0.2) is 0 Å². The van der Waals surface area contributed by atoms with Crippen LogP contribution in [-0.2, 0) is 6.54 Å². The Morgan fingerprint density at radius 2 is 1.88 bits per heavy atom. The van der Waals surface area contributed by atoms with Gasteiger partial charge in [0.1, 0.15) is 0 Å². The molecule has 0 bridgehead atoms. The van der Waals surface area contributed by atoms with Crippen LogP contribution >= 0.6 is 11.6 Å². The van der Waals surface area contributed by atoms with E-state index in [4.69, 9.17) is 17.3 Å². The summed E-state index contributed by atoms with van der Waals surface area (Å²) in [5.74, 6) is 0. The molecule has 0 aliphatic heterocycles. The average molecular weight is 237 g/mol. The SMILES string of the molecule is C=CCN(CC=C)Cc1ccc(Cl)c(N)c1. The van der Waals surface area contributed by atoms with Gasteiger partial charge in [0.25, 0.3) is 0 Å². The predicted molar refractivity (Wildman–Crippen MR) is 71.5 cm³/mol. The first-order valence-electron chi connectivity index (χ1n) is 5.15. The van der Waals surface area contributed by atoms with Crippen molar-refractivity contribution in [1.29, 1.82) is 0 Å². The van der Waals surface area contributed by atoms with Crippen LogP contribution in [0, 0.1) is 0 Å². The molecule has 3 heteroatoms. The zero-order valence-electron chi connectivity index (χ0n) is 9.32. The molecule has 2 nitrogen and oxygen atoms in total.